The Labute approximate surface area is 221 Å². The number of carbonyl (C=O) groups is 1. The minimum Gasteiger partial charge on any atom is -0.374 e. The van der Waals surface area contributed by atoms with E-state index < -0.39 is 11.7 Å². The number of ether oxygens (including phenoxy) is 1. The van der Waals surface area contributed by atoms with Crippen LogP contribution in [0.1, 0.15) is 36.3 Å². The van der Waals surface area contributed by atoms with Crippen molar-refractivity contribution in [1.29, 1.82) is 0 Å². The third-order valence-electron chi connectivity index (χ3n) is 7.56. The van der Waals surface area contributed by atoms with Crippen molar-refractivity contribution in [1.82, 2.24) is 25.1 Å². The molecule has 39 heavy (non-hydrogen) atoms. The standard InChI is InChI=1S/C26H28F3N7O3/c27-26(28,29)18-13-30-25(31-14-18)35-7-5-34(6-8-35)22(37)12-19-15-36(9-10-39-19)23-21-11-17(16-1-2-16)3-4-20(21)24(38)33-32-23/h3-4,11,13-14,16,19H,1-2,5-10,12,15H2,(H,33,38)/t19-/m1/s1. The molecule has 1 aliphatic carbocycles. The van der Waals surface area contributed by atoms with Crippen LogP contribution < -0.4 is 15.4 Å². The van der Waals surface area contributed by atoms with E-state index >= 15 is 0 Å². The zero-order valence-electron chi connectivity index (χ0n) is 21.2. The van der Waals surface area contributed by atoms with Gasteiger partial charge >= 0.3 is 6.18 Å². The van der Waals surface area contributed by atoms with Crippen molar-refractivity contribution in [2.24, 2.45) is 0 Å². The monoisotopic (exact) mass is 543 g/mol. The number of piperazine rings is 1. The molecule has 3 aliphatic rings. The number of rotatable bonds is 5. The lowest BCUT2D eigenvalue weighted by molar-refractivity contribution is -0.138. The molecule has 3 fully saturated rings. The highest BCUT2D eigenvalue weighted by Gasteiger charge is 2.33. The summed E-state index contributed by atoms with van der Waals surface area (Å²) >= 11 is 0. The number of nitrogens with zero attached hydrogens (tertiary/aromatic N) is 6. The number of halogens is 3. The summed E-state index contributed by atoms with van der Waals surface area (Å²) < 4.78 is 44.3. The van der Waals surface area contributed by atoms with E-state index in [1.165, 1.54) is 5.56 Å². The van der Waals surface area contributed by atoms with E-state index in [0.29, 0.717) is 63.0 Å². The van der Waals surface area contributed by atoms with Gasteiger partial charge in [0.2, 0.25) is 11.9 Å². The number of morpholine rings is 1. The summed E-state index contributed by atoms with van der Waals surface area (Å²) in [6.45, 7) is 3.16. The Bertz CT molecular complexity index is 1420. The van der Waals surface area contributed by atoms with Crippen LogP contribution in [0.2, 0.25) is 0 Å². The summed E-state index contributed by atoms with van der Waals surface area (Å²) in [5.41, 5.74) is 0.101. The average molecular weight is 544 g/mol. The van der Waals surface area contributed by atoms with E-state index in [1.54, 1.807) is 9.80 Å². The Balaban J connectivity index is 1.08. The summed E-state index contributed by atoms with van der Waals surface area (Å²) in [7, 11) is 0. The Morgan fingerprint density at radius 1 is 1.03 bits per heavy atom. The van der Waals surface area contributed by atoms with Gasteiger partial charge in [0.15, 0.2) is 5.82 Å². The highest BCUT2D eigenvalue weighted by atomic mass is 19.4. The highest BCUT2D eigenvalue weighted by Crippen LogP contribution is 2.41. The first kappa shape index (κ1) is 25.5. The predicted octanol–water partition coefficient (Wildman–Crippen LogP) is 2.55. The molecule has 206 valence electrons. The molecule has 1 amide bonds. The molecule has 1 N–H and O–H groups in total. The summed E-state index contributed by atoms with van der Waals surface area (Å²) in [5, 5.41) is 8.39. The number of amides is 1. The van der Waals surface area contributed by atoms with Gasteiger partial charge in [0.25, 0.3) is 5.56 Å². The Kier molecular flexibility index (Phi) is 6.61. The smallest absolute Gasteiger partial charge is 0.374 e. The largest absolute Gasteiger partial charge is 0.419 e. The van der Waals surface area contributed by atoms with Crippen LogP contribution in [0.25, 0.3) is 10.8 Å². The number of benzene rings is 1. The van der Waals surface area contributed by atoms with Gasteiger partial charge in [-0.05, 0) is 36.5 Å². The van der Waals surface area contributed by atoms with Crippen LogP contribution in [-0.2, 0) is 15.7 Å². The van der Waals surface area contributed by atoms with Crippen LogP contribution in [-0.4, -0.2) is 83.0 Å². The summed E-state index contributed by atoms with van der Waals surface area (Å²) in [6, 6.07) is 5.95. The minimum atomic E-state index is -4.49. The van der Waals surface area contributed by atoms with Gasteiger partial charge in [-0.25, -0.2) is 15.1 Å². The van der Waals surface area contributed by atoms with Crippen molar-refractivity contribution >= 4 is 28.4 Å². The SMILES string of the molecule is O=C(C[C@@H]1CN(c2n[nH]c(=O)c3ccc(C4CC4)cc23)CCO1)N1CCN(c2ncc(C(F)(F)F)cn2)CC1. The van der Waals surface area contributed by atoms with Gasteiger partial charge in [-0.2, -0.15) is 18.3 Å². The molecule has 4 heterocycles. The molecule has 6 rings (SSSR count). The van der Waals surface area contributed by atoms with Gasteiger partial charge in [0, 0.05) is 57.0 Å². The number of aromatic amines is 1. The summed E-state index contributed by atoms with van der Waals surface area (Å²) in [5.74, 6) is 1.40. The van der Waals surface area contributed by atoms with Gasteiger partial charge in [-0.15, -0.1) is 0 Å². The first-order valence-electron chi connectivity index (χ1n) is 13.1. The molecule has 2 aliphatic heterocycles. The van der Waals surface area contributed by atoms with E-state index in [9.17, 15) is 22.8 Å². The number of nitrogens with one attached hydrogen (secondary N) is 1. The second kappa shape index (κ2) is 10.1. The van der Waals surface area contributed by atoms with Crippen molar-refractivity contribution in [2.75, 3.05) is 55.7 Å². The highest BCUT2D eigenvalue weighted by molar-refractivity contribution is 5.92. The summed E-state index contributed by atoms with van der Waals surface area (Å²) in [4.78, 5) is 38.8. The quantitative estimate of drug-likeness (QED) is 0.523. The molecule has 2 saturated heterocycles. The maximum atomic E-state index is 13.1. The fourth-order valence-electron chi connectivity index (χ4n) is 5.23. The predicted molar refractivity (Wildman–Crippen MR) is 137 cm³/mol. The van der Waals surface area contributed by atoms with Crippen molar-refractivity contribution in [2.45, 2.75) is 37.5 Å². The molecular weight excluding hydrogens is 515 g/mol. The molecule has 0 bridgehead atoms. The molecule has 13 heteroatoms. The second-order valence-corrected chi connectivity index (χ2v) is 10.2. The summed E-state index contributed by atoms with van der Waals surface area (Å²) in [6.07, 6.45) is -0.755. The van der Waals surface area contributed by atoms with Gasteiger partial charge in [0.05, 0.1) is 30.1 Å². The molecule has 3 aromatic rings. The van der Waals surface area contributed by atoms with Crippen LogP contribution in [0.4, 0.5) is 24.9 Å². The molecule has 0 unspecified atom stereocenters. The second-order valence-electron chi connectivity index (χ2n) is 10.2. The number of aromatic nitrogens is 4. The molecule has 1 aromatic carbocycles. The minimum absolute atomic E-state index is 0.0508. The van der Waals surface area contributed by atoms with E-state index in [4.69, 9.17) is 4.74 Å². The number of carbonyl (C=O) groups excluding carboxylic acids is 1. The molecular formula is C26H28F3N7O3. The zero-order chi connectivity index (χ0) is 27.1. The fourth-order valence-corrected chi connectivity index (χ4v) is 5.23. The van der Waals surface area contributed by atoms with Crippen molar-refractivity contribution in [3.63, 3.8) is 0 Å². The number of anilines is 2. The van der Waals surface area contributed by atoms with Gasteiger partial charge in [0.1, 0.15) is 0 Å². The van der Waals surface area contributed by atoms with Gasteiger partial charge < -0.3 is 19.4 Å². The normalized spacial score (nSPS) is 20.5. The Morgan fingerprint density at radius 3 is 2.46 bits per heavy atom. The third kappa shape index (κ3) is 5.40. The topological polar surface area (TPSA) is 108 Å². The average Bonchev–Trinajstić information content (AvgIpc) is 3.79. The van der Waals surface area contributed by atoms with Crippen LogP contribution in [0.5, 0.6) is 0 Å². The number of H-pyrrole nitrogens is 1. The van der Waals surface area contributed by atoms with Crippen LogP contribution in [0.15, 0.2) is 35.4 Å². The van der Waals surface area contributed by atoms with Crippen molar-refractivity contribution < 1.29 is 22.7 Å². The van der Waals surface area contributed by atoms with Crippen LogP contribution >= 0.6 is 0 Å². The molecule has 0 radical (unpaired) electrons. The number of fused-ring (bicyclic) bond motifs is 1. The first-order valence-corrected chi connectivity index (χ1v) is 13.1. The van der Waals surface area contributed by atoms with Crippen molar-refractivity contribution in [3.05, 3.63) is 52.1 Å². The maximum absolute atomic E-state index is 13.1. The Hall–Kier alpha value is -3.74. The van der Waals surface area contributed by atoms with E-state index in [1.807, 2.05) is 12.1 Å². The molecule has 1 saturated carbocycles. The lowest BCUT2D eigenvalue weighted by Crippen LogP contribution is -2.51. The maximum Gasteiger partial charge on any atom is 0.419 e. The van der Waals surface area contributed by atoms with Gasteiger partial charge in [-0.1, -0.05) is 6.07 Å². The first-order chi connectivity index (χ1) is 18.8. The van der Waals surface area contributed by atoms with Crippen LogP contribution in [0, 0.1) is 0 Å². The molecule has 0 spiro atoms. The van der Waals surface area contributed by atoms with Crippen molar-refractivity contribution in [3.8, 4) is 0 Å². The zero-order valence-corrected chi connectivity index (χ0v) is 21.2. The van der Waals surface area contributed by atoms with E-state index in [2.05, 4.69) is 31.1 Å². The number of hydrogen-bond acceptors (Lipinski definition) is 8. The third-order valence-corrected chi connectivity index (χ3v) is 7.56. The van der Waals surface area contributed by atoms with Gasteiger partial charge in [-0.3, -0.25) is 9.59 Å². The Morgan fingerprint density at radius 2 is 1.77 bits per heavy atom. The lowest BCUT2D eigenvalue weighted by atomic mass is 10.0. The van der Waals surface area contributed by atoms with E-state index in [0.717, 1.165) is 30.6 Å². The molecule has 2 aromatic heterocycles. The van der Waals surface area contributed by atoms with E-state index in [-0.39, 0.29) is 29.9 Å². The lowest BCUT2D eigenvalue weighted by Gasteiger charge is -2.37. The molecule has 10 nitrogen and oxygen atoms in total. The number of hydrogen-bond donors (Lipinski definition) is 1. The van der Waals surface area contributed by atoms with Crippen LogP contribution in [0.3, 0.4) is 0 Å². The number of alkyl halides is 3. The molecule has 1 atom stereocenters. The fraction of sp³-hybridized carbons (Fsp3) is 0.500.